The molecule has 1 atom stereocenters. The van der Waals surface area contributed by atoms with E-state index < -0.39 is 0 Å². The monoisotopic (exact) mass is 397 g/mol. The number of hydrogen-bond donors (Lipinski definition) is 1. The first-order valence-electron chi connectivity index (χ1n) is 9.46. The second-order valence-electron chi connectivity index (χ2n) is 7.00. The Kier molecular flexibility index (Phi) is 13.1. The second-order valence-corrected chi connectivity index (χ2v) is 7.00. The second kappa shape index (κ2) is 13.2. The fourth-order valence-corrected chi connectivity index (χ4v) is 4.08. The third-order valence-corrected chi connectivity index (χ3v) is 5.61. The van der Waals surface area contributed by atoms with Gasteiger partial charge in [0.15, 0.2) is 0 Å². The van der Waals surface area contributed by atoms with E-state index in [-0.39, 0.29) is 30.9 Å². The van der Waals surface area contributed by atoms with Crippen molar-refractivity contribution in [3.05, 3.63) is 0 Å². The van der Waals surface area contributed by atoms with Gasteiger partial charge in [0.05, 0.1) is 19.3 Å². The summed E-state index contributed by atoms with van der Waals surface area (Å²) in [6.45, 7) is 10.6. The van der Waals surface area contributed by atoms with Gasteiger partial charge < -0.3 is 15.0 Å². The lowest BCUT2D eigenvalue weighted by atomic mass is 9.90. The van der Waals surface area contributed by atoms with E-state index >= 15 is 0 Å². The first kappa shape index (κ1) is 24.9. The van der Waals surface area contributed by atoms with E-state index in [1.807, 2.05) is 7.05 Å². The number of carbonyl (C=O) groups excluding carboxylic acids is 1. The van der Waals surface area contributed by atoms with E-state index in [1.165, 1.54) is 0 Å². The molecule has 0 aliphatic carbocycles. The predicted octanol–water partition coefficient (Wildman–Crippen LogP) is 2.43. The molecule has 5 nitrogen and oxygen atoms in total. The van der Waals surface area contributed by atoms with Gasteiger partial charge in [-0.05, 0) is 38.3 Å². The number of amides is 1. The fourth-order valence-electron chi connectivity index (χ4n) is 4.08. The Morgan fingerprint density at radius 3 is 2.12 bits per heavy atom. The van der Waals surface area contributed by atoms with Gasteiger partial charge in [0.25, 0.3) is 0 Å². The normalized spacial score (nSPS) is 20.7. The SMILES string of the molecule is CCC(CC)C(C(=O)N1CCC(CNC)CC1)N1CCOCC1.Cl.Cl. The van der Waals surface area contributed by atoms with Crippen molar-refractivity contribution in [2.75, 3.05) is 53.0 Å². The van der Waals surface area contributed by atoms with Crippen molar-refractivity contribution >= 4 is 30.7 Å². The van der Waals surface area contributed by atoms with Gasteiger partial charge in [-0.25, -0.2) is 0 Å². The average Bonchev–Trinajstić information content (AvgIpc) is 2.60. The number of carbonyl (C=O) groups is 1. The zero-order chi connectivity index (χ0) is 16.7. The number of morpholine rings is 1. The largest absolute Gasteiger partial charge is 0.379 e. The van der Waals surface area contributed by atoms with Gasteiger partial charge in [-0.1, -0.05) is 26.7 Å². The molecule has 2 rings (SSSR count). The van der Waals surface area contributed by atoms with Crippen LogP contribution in [-0.2, 0) is 9.53 Å². The Labute approximate surface area is 166 Å². The van der Waals surface area contributed by atoms with Crippen molar-refractivity contribution in [2.45, 2.75) is 45.6 Å². The molecule has 25 heavy (non-hydrogen) atoms. The number of halogens is 2. The molecule has 2 heterocycles. The lowest BCUT2D eigenvalue weighted by molar-refractivity contribution is -0.143. The Bertz CT molecular complexity index is 356. The minimum absolute atomic E-state index is 0. The molecule has 0 bridgehead atoms. The quantitative estimate of drug-likeness (QED) is 0.716. The topological polar surface area (TPSA) is 44.8 Å². The highest BCUT2D eigenvalue weighted by atomic mass is 35.5. The van der Waals surface area contributed by atoms with E-state index in [2.05, 4.69) is 29.0 Å². The third-order valence-electron chi connectivity index (χ3n) is 5.61. The lowest BCUT2D eigenvalue weighted by Gasteiger charge is -2.42. The number of likely N-dealkylation sites (tertiary alicyclic amines) is 1. The third kappa shape index (κ3) is 6.87. The van der Waals surface area contributed by atoms with Crippen LogP contribution in [0.1, 0.15) is 39.5 Å². The van der Waals surface area contributed by atoms with Crippen molar-refractivity contribution in [2.24, 2.45) is 11.8 Å². The van der Waals surface area contributed by atoms with Crippen LogP contribution in [0.2, 0.25) is 0 Å². The van der Waals surface area contributed by atoms with Crippen LogP contribution in [0.3, 0.4) is 0 Å². The maximum Gasteiger partial charge on any atom is 0.240 e. The molecule has 0 aromatic rings. The van der Waals surface area contributed by atoms with Crippen LogP contribution < -0.4 is 5.32 Å². The number of rotatable bonds is 7. The Hall–Kier alpha value is -0.0700. The molecular weight excluding hydrogens is 361 g/mol. The minimum atomic E-state index is 0. The van der Waals surface area contributed by atoms with Crippen molar-refractivity contribution in [3.8, 4) is 0 Å². The van der Waals surface area contributed by atoms with Gasteiger partial charge >= 0.3 is 0 Å². The zero-order valence-electron chi connectivity index (χ0n) is 16.0. The highest BCUT2D eigenvalue weighted by Gasteiger charge is 2.36. The van der Waals surface area contributed by atoms with Crippen molar-refractivity contribution in [3.63, 3.8) is 0 Å². The average molecular weight is 398 g/mol. The van der Waals surface area contributed by atoms with E-state index in [1.54, 1.807) is 0 Å². The van der Waals surface area contributed by atoms with Gasteiger partial charge in [-0.3, -0.25) is 9.69 Å². The molecule has 2 aliphatic heterocycles. The summed E-state index contributed by atoms with van der Waals surface area (Å²) in [5, 5.41) is 3.27. The molecule has 1 N–H and O–H groups in total. The van der Waals surface area contributed by atoms with Crippen LogP contribution in [0.5, 0.6) is 0 Å². The summed E-state index contributed by atoms with van der Waals surface area (Å²) in [5.41, 5.74) is 0. The van der Waals surface area contributed by atoms with E-state index in [0.29, 0.717) is 11.8 Å². The van der Waals surface area contributed by atoms with Gasteiger partial charge in [-0.2, -0.15) is 0 Å². The fraction of sp³-hybridized carbons (Fsp3) is 0.944. The Morgan fingerprint density at radius 2 is 1.64 bits per heavy atom. The smallest absolute Gasteiger partial charge is 0.240 e. The molecule has 1 unspecified atom stereocenters. The van der Waals surface area contributed by atoms with E-state index in [0.717, 1.165) is 77.5 Å². The molecule has 0 aromatic heterocycles. The van der Waals surface area contributed by atoms with Gasteiger partial charge in [-0.15, -0.1) is 24.8 Å². The van der Waals surface area contributed by atoms with Crippen molar-refractivity contribution in [1.82, 2.24) is 15.1 Å². The first-order chi connectivity index (χ1) is 11.2. The van der Waals surface area contributed by atoms with E-state index in [4.69, 9.17) is 4.74 Å². The summed E-state index contributed by atoms with van der Waals surface area (Å²) in [6.07, 6.45) is 4.40. The molecule has 1 amide bonds. The predicted molar refractivity (Wildman–Crippen MR) is 108 cm³/mol. The summed E-state index contributed by atoms with van der Waals surface area (Å²) in [4.78, 5) is 17.8. The minimum Gasteiger partial charge on any atom is -0.379 e. The summed E-state index contributed by atoms with van der Waals surface area (Å²) < 4.78 is 5.49. The number of nitrogens with one attached hydrogen (secondary N) is 1. The number of piperidine rings is 1. The highest BCUT2D eigenvalue weighted by Crippen LogP contribution is 2.25. The maximum absolute atomic E-state index is 13.2. The highest BCUT2D eigenvalue weighted by molar-refractivity contribution is 5.85. The van der Waals surface area contributed by atoms with Crippen LogP contribution in [-0.4, -0.2) is 74.7 Å². The first-order valence-corrected chi connectivity index (χ1v) is 9.46. The van der Waals surface area contributed by atoms with Crippen LogP contribution in [0, 0.1) is 11.8 Å². The van der Waals surface area contributed by atoms with Crippen molar-refractivity contribution < 1.29 is 9.53 Å². The molecule has 2 fully saturated rings. The molecule has 7 heteroatoms. The zero-order valence-corrected chi connectivity index (χ0v) is 17.7. The van der Waals surface area contributed by atoms with Crippen LogP contribution in [0.15, 0.2) is 0 Å². The molecule has 2 aliphatic rings. The summed E-state index contributed by atoms with van der Waals surface area (Å²) in [7, 11) is 2.01. The lowest BCUT2D eigenvalue weighted by Crippen LogP contribution is -2.56. The molecular formula is C18H37Cl2N3O2. The van der Waals surface area contributed by atoms with Crippen molar-refractivity contribution in [1.29, 1.82) is 0 Å². The van der Waals surface area contributed by atoms with Crippen LogP contribution in [0.25, 0.3) is 0 Å². The summed E-state index contributed by atoms with van der Waals surface area (Å²) >= 11 is 0. The summed E-state index contributed by atoms with van der Waals surface area (Å²) in [6, 6.07) is 0.0507. The Balaban J connectivity index is 0.00000288. The number of hydrogen-bond acceptors (Lipinski definition) is 4. The van der Waals surface area contributed by atoms with Crippen LogP contribution in [0.4, 0.5) is 0 Å². The molecule has 150 valence electrons. The van der Waals surface area contributed by atoms with Gasteiger partial charge in [0, 0.05) is 26.2 Å². The number of ether oxygens (including phenoxy) is 1. The maximum atomic E-state index is 13.2. The van der Waals surface area contributed by atoms with Gasteiger partial charge in [0.2, 0.25) is 5.91 Å². The van der Waals surface area contributed by atoms with Gasteiger partial charge in [0.1, 0.15) is 0 Å². The van der Waals surface area contributed by atoms with E-state index in [9.17, 15) is 4.79 Å². The van der Waals surface area contributed by atoms with Crippen LogP contribution >= 0.6 is 24.8 Å². The Morgan fingerprint density at radius 1 is 1.08 bits per heavy atom. The molecule has 0 spiro atoms. The molecule has 0 saturated carbocycles. The molecule has 2 saturated heterocycles. The standard InChI is InChI=1S/C18H35N3O2.2ClH/c1-4-16(5-2)17(20-10-12-23-13-11-20)18(22)21-8-6-15(7-9-21)14-19-3;;/h15-17,19H,4-14H2,1-3H3;2*1H. The molecule has 0 radical (unpaired) electrons. The molecule has 0 aromatic carbocycles. The summed E-state index contributed by atoms with van der Waals surface area (Å²) in [5.74, 6) is 1.54. The number of nitrogens with zero attached hydrogens (tertiary/aromatic N) is 2.